The minimum Gasteiger partial charge on any atom is -0.379 e. The van der Waals surface area contributed by atoms with Gasteiger partial charge in [-0.1, -0.05) is 6.07 Å². The largest absolute Gasteiger partial charge is 0.379 e. The fourth-order valence-corrected chi connectivity index (χ4v) is 2.61. The fraction of sp³-hybridized carbons (Fsp3) is 0.417. The first-order valence-electron chi connectivity index (χ1n) is 5.41. The molecule has 4 heteroatoms. The summed E-state index contributed by atoms with van der Waals surface area (Å²) in [5, 5.41) is 0. The number of ether oxygens (including phenoxy) is 1. The third-order valence-electron chi connectivity index (χ3n) is 3.36. The highest BCUT2D eigenvalue weighted by Crippen LogP contribution is 2.36. The molecule has 1 aromatic carbocycles. The van der Waals surface area contributed by atoms with Crippen LogP contribution >= 0.6 is 11.6 Å². The standard InChI is InChI=1S/C12H13ClN2O/c13-4-3-12(6-16-7-12)9-1-2-10-11(5-9)15-8-14-10/h1-2,5,8H,3-4,6-7H2,(H,14,15). The molecule has 2 aromatic rings. The Labute approximate surface area is 98.8 Å². The van der Waals surface area contributed by atoms with Gasteiger partial charge in [0.15, 0.2) is 0 Å². The van der Waals surface area contributed by atoms with Crippen LogP contribution in [-0.4, -0.2) is 29.1 Å². The number of alkyl halides is 1. The molecule has 3 rings (SSSR count). The first-order chi connectivity index (χ1) is 7.84. The Balaban J connectivity index is 2.03. The van der Waals surface area contributed by atoms with Gasteiger partial charge in [0.05, 0.1) is 30.6 Å². The highest BCUT2D eigenvalue weighted by molar-refractivity contribution is 6.17. The lowest BCUT2D eigenvalue weighted by Crippen LogP contribution is -2.47. The number of rotatable bonds is 3. The molecule has 0 bridgehead atoms. The lowest BCUT2D eigenvalue weighted by atomic mass is 9.76. The molecule has 1 saturated heterocycles. The number of halogens is 1. The van der Waals surface area contributed by atoms with Gasteiger partial charge in [-0.3, -0.25) is 0 Å². The van der Waals surface area contributed by atoms with Crippen molar-refractivity contribution in [2.24, 2.45) is 0 Å². The summed E-state index contributed by atoms with van der Waals surface area (Å²) in [4.78, 5) is 7.36. The van der Waals surface area contributed by atoms with E-state index in [-0.39, 0.29) is 5.41 Å². The summed E-state index contributed by atoms with van der Waals surface area (Å²) >= 11 is 5.87. The Morgan fingerprint density at radius 3 is 3.00 bits per heavy atom. The van der Waals surface area contributed by atoms with E-state index in [0.29, 0.717) is 5.88 Å². The molecule has 0 spiro atoms. The predicted octanol–water partition coefficient (Wildman–Crippen LogP) is 2.46. The first-order valence-corrected chi connectivity index (χ1v) is 5.95. The van der Waals surface area contributed by atoms with Crippen molar-refractivity contribution in [2.45, 2.75) is 11.8 Å². The van der Waals surface area contributed by atoms with Crippen molar-refractivity contribution >= 4 is 22.6 Å². The highest BCUT2D eigenvalue weighted by atomic mass is 35.5. The van der Waals surface area contributed by atoms with E-state index in [0.717, 1.165) is 30.7 Å². The molecule has 3 nitrogen and oxygen atoms in total. The van der Waals surface area contributed by atoms with Crippen LogP contribution in [0, 0.1) is 0 Å². The monoisotopic (exact) mass is 236 g/mol. The minimum absolute atomic E-state index is 0.126. The number of hydrogen-bond donors (Lipinski definition) is 1. The highest BCUT2D eigenvalue weighted by Gasteiger charge is 2.39. The average molecular weight is 237 g/mol. The molecule has 2 heterocycles. The second kappa shape index (κ2) is 3.75. The molecule has 0 unspecified atom stereocenters. The molecule has 0 saturated carbocycles. The van der Waals surface area contributed by atoms with Gasteiger partial charge in [0.2, 0.25) is 0 Å². The van der Waals surface area contributed by atoms with E-state index in [9.17, 15) is 0 Å². The first kappa shape index (κ1) is 10.1. The number of fused-ring (bicyclic) bond motifs is 1. The lowest BCUT2D eigenvalue weighted by molar-refractivity contribution is -0.0615. The maximum Gasteiger partial charge on any atom is 0.0931 e. The Kier molecular flexibility index (Phi) is 2.37. The Bertz CT molecular complexity index is 504. The van der Waals surface area contributed by atoms with Crippen LogP contribution in [0.2, 0.25) is 0 Å². The summed E-state index contributed by atoms with van der Waals surface area (Å²) in [5.74, 6) is 0.671. The molecule has 0 radical (unpaired) electrons. The third kappa shape index (κ3) is 1.43. The van der Waals surface area contributed by atoms with Crippen molar-refractivity contribution in [2.75, 3.05) is 19.1 Å². The van der Waals surface area contributed by atoms with Crippen LogP contribution in [0.4, 0.5) is 0 Å². The second-order valence-corrected chi connectivity index (χ2v) is 4.72. The molecule has 0 aliphatic carbocycles. The molecule has 0 atom stereocenters. The molecule has 16 heavy (non-hydrogen) atoms. The van der Waals surface area contributed by atoms with E-state index in [1.165, 1.54) is 5.56 Å². The van der Waals surface area contributed by atoms with Gasteiger partial charge in [-0.2, -0.15) is 0 Å². The zero-order chi connectivity index (χ0) is 11.0. The number of H-pyrrole nitrogens is 1. The predicted molar refractivity (Wildman–Crippen MR) is 63.9 cm³/mol. The topological polar surface area (TPSA) is 37.9 Å². The smallest absolute Gasteiger partial charge is 0.0931 e. The van der Waals surface area contributed by atoms with E-state index in [4.69, 9.17) is 16.3 Å². The van der Waals surface area contributed by atoms with Gasteiger partial charge in [-0.05, 0) is 24.1 Å². The van der Waals surface area contributed by atoms with E-state index < -0.39 is 0 Å². The summed E-state index contributed by atoms with van der Waals surface area (Å²) in [6.45, 7) is 1.55. The van der Waals surface area contributed by atoms with Gasteiger partial charge in [0, 0.05) is 11.3 Å². The van der Waals surface area contributed by atoms with Crippen molar-refractivity contribution in [3.05, 3.63) is 30.1 Å². The summed E-state index contributed by atoms with van der Waals surface area (Å²) in [6.07, 6.45) is 2.69. The van der Waals surface area contributed by atoms with Crippen LogP contribution in [-0.2, 0) is 10.2 Å². The van der Waals surface area contributed by atoms with Crippen LogP contribution in [0.25, 0.3) is 11.0 Å². The van der Waals surface area contributed by atoms with Crippen molar-refractivity contribution < 1.29 is 4.74 Å². The number of imidazole rings is 1. The second-order valence-electron chi connectivity index (χ2n) is 4.35. The van der Waals surface area contributed by atoms with E-state index >= 15 is 0 Å². The lowest BCUT2D eigenvalue weighted by Gasteiger charge is -2.41. The molecule has 1 N–H and O–H groups in total. The van der Waals surface area contributed by atoms with Gasteiger partial charge < -0.3 is 9.72 Å². The van der Waals surface area contributed by atoms with Crippen LogP contribution < -0.4 is 0 Å². The van der Waals surface area contributed by atoms with E-state index in [2.05, 4.69) is 28.2 Å². The Hall–Kier alpha value is -1.06. The van der Waals surface area contributed by atoms with Crippen molar-refractivity contribution in [3.8, 4) is 0 Å². The van der Waals surface area contributed by atoms with Gasteiger partial charge in [-0.25, -0.2) is 4.98 Å². The van der Waals surface area contributed by atoms with Crippen LogP contribution in [0.15, 0.2) is 24.5 Å². The Morgan fingerprint density at radius 2 is 2.31 bits per heavy atom. The van der Waals surface area contributed by atoms with Gasteiger partial charge in [0.25, 0.3) is 0 Å². The zero-order valence-electron chi connectivity index (χ0n) is 8.87. The van der Waals surface area contributed by atoms with Gasteiger partial charge >= 0.3 is 0 Å². The number of nitrogens with zero attached hydrogens (tertiary/aromatic N) is 1. The molecule has 1 aliphatic heterocycles. The van der Waals surface area contributed by atoms with Crippen molar-refractivity contribution in [1.29, 1.82) is 0 Å². The molecule has 1 aromatic heterocycles. The summed E-state index contributed by atoms with van der Waals surface area (Å²) in [7, 11) is 0. The minimum atomic E-state index is 0.126. The zero-order valence-corrected chi connectivity index (χ0v) is 9.63. The number of benzene rings is 1. The number of nitrogens with one attached hydrogen (secondary N) is 1. The Morgan fingerprint density at radius 1 is 1.44 bits per heavy atom. The van der Waals surface area contributed by atoms with Crippen LogP contribution in [0.5, 0.6) is 0 Å². The van der Waals surface area contributed by atoms with Crippen LogP contribution in [0.1, 0.15) is 12.0 Å². The van der Waals surface area contributed by atoms with Crippen LogP contribution in [0.3, 0.4) is 0 Å². The maximum absolute atomic E-state index is 5.87. The fourth-order valence-electron chi connectivity index (χ4n) is 2.25. The summed E-state index contributed by atoms with van der Waals surface area (Å²) < 4.78 is 5.35. The molecule has 0 amide bonds. The van der Waals surface area contributed by atoms with Gasteiger partial charge in [0.1, 0.15) is 0 Å². The number of aromatic nitrogens is 2. The number of hydrogen-bond acceptors (Lipinski definition) is 2. The summed E-state index contributed by atoms with van der Waals surface area (Å²) in [6, 6.07) is 6.35. The van der Waals surface area contributed by atoms with Crippen molar-refractivity contribution in [1.82, 2.24) is 9.97 Å². The molecular weight excluding hydrogens is 224 g/mol. The average Bonchev–Trinajstić information content (AvgIpc) is 2.70. The van der Waals surface area contributed by atoms with E-state index in [1.54, 1.807) is 6.33 Å². The normalized spacial score (nSPS) is 18.6. The summed E-state index contributed by atoms with van der Waals surface area (Å²) in [5.41, 5.74) is 3.51. The molecular formula is C12H13ClN2O. The molecule has 1 aliphatic rings. The van der Waals surface area contributed by atoms with Crippen molar-refractivity contribution in [3.63, 3.8) is 0 Å². The van der Waals surface area contributed by atoms with E-state index in [1.807, 2.05) is 0 Å². The van der Waals surface area contributed by atoms with Gasteiger partial charge in [-0.15, -0.1) is 11.6 Å². The quantitative estimate of drug-likeness (QED) is 0.832. The molecule has 1 fully saturated rings. The number of aromatic amines is 1. The molecule has 84 valence electrons. The maximum atomic E-state index is 5.87. The third-order valence-corrected chi connectivity index (χ3v) is 3.55. The SMILES string of the molecule is ClCCC1(c2ccc3nc[nH]c3c2)COC1.